The van der Waals surface area contributed by atoms with Crippen LogP contribution in [0.4, 0.5) is 0 Å². The van der Waals surface area contributed by atoms with Gasteiger partial charge >= 0.3 is 0 Å². The van der Waals surface area contributed by atoms with Gasteiger partial charge < -0.3 is 15.2 Å². The van der Waals surface area contributed by atoms with Crippen LogP contribution in [-0.2, 0) is 9.47 Å². The summed E-state index contributed by atoms with van der Waals surface area (Å²) in [4.78, 5) is 0. The van der Waals surface area contributed by atoms with Gasteiger partial charge in [-0.1, -0.05) is 0 Å². The quantitative estimate of drug-likeness (QED) is 0.721. The van der Waals surface area contributed by atoms with Crippen LogP contribution in [0.1, 0.15) is 33.1 Å². The zero-order valence-corrected chi connectivity index (χ0v) is 8.71. The van der Waals surface area contributed by atoms with Gasteiger partial charge in [-0.2, -0.15) is 0 Å². The smallest absolute Gasteiger partial charge is 0.0827 e. The molecule has 78 valence electrons. The predicted molar refractivity (Wildman–Crippen MR) is 52.7 cm³/mol. The van der Waals surface area contributed by atoms with Crippen LogP contribution >= 0.6 is 0 Å². The van der Waals surface area contributed by atoms with Gasteiger partial charge in [-0.3, -0.25) is 0 Å². The minimum Gasteiger partial charge on any atom is -0.380 e. The van der Waals surface area contributed by atoms with Crippen molar-refractivity contribution in [2.75, 3.05) is 19.8 Å². The molecule has 0 bridgehead atoms. The minimum absolute atomic E-state index is 0.00718. The van der Waals surface area contributed by atoms with Crippen LogP contribution in [0, 0.1) is 0 Å². The second-order valence-electron chi connectivity index (χ2n) is 3.88. The van der Waals surface area contributed by atoms with E-state index in [4.69, 9.17) is 15.2 Å². The maximum atomic E-state index is 6.02. The summed E-state index contributed by atoms with van der Waals surface area (Å²) >= 11 is 0. The summed E-state index contributed by atoms with van der Waals surface area (Å²) in [5.74, 6) is 0. The fourth-order valence-corrected chi connectivity index (χ4v) is 1.67. The zero-order chi connectivity index (χ0) is 9.73. The lowest BCUT2D eigenvalue weighted by atomic mass is 9.89. The maximum absolute atomic E-state index is 6.02. The predicted octanol–water partition coefficient (Wildman–Crippen LogP) is 1.31. The molecule has 0 aliphatic carbocycles. The highest BCUT2D eigenvalue weighted by atomic mass is 16.5. The SMILES string of the molecule is CCOCC(N)C1(C)CCCCO1. The molecule has 13 heavy (non-hydrogen) atoms. The summed E-state index contributed by atoms with van der Waals surface area (Å²) in [6, 6.07) is 0.00718. The molecule has 0 aromatic carbocycles. The monoisotopic (exact) mass is 187 g/mol. The number of rotatable bonds is 4. The third-order valence-electron chi connectivity index (χ3n) is 2.79. The fraction of sp³-hybridized carbons (Fsp3) is 1.00. The van der Waals surface area contributed by atoms with Crippen molar-refractivity contribution in [3.63, 3.8) is 0 Å². The first-order chi connectivity index (χ1) is 6.19. The average molecular weight is 187 g/mol. The normalized spacial score (nSPS) is 31.6. The molecule has 1 aliphatic heterocycles. The van der Waals surface area contributed by atoms with Crippen LogP contribution in [0.3, 0.4) is 0 Å². The van der Waals surface area contributed by atoms with Crippen LogP contribution in [0.5, 0.6) is 0 Å². The van der Waals surface area contributed by atoms with Crippen LogP contribution in [0.15, 0.2) is 0 Å². The Balaban J connectivity index is 2.37. The Kier molecular flexibility index (Phi) is 4.16. The Morgan fingerprint density at radius 1 is 1.54 bits per heavy atom. The summed E-state index contributed by atoms with van der Waals surface area (Å²) < 4.78 is 11.0. The van der Waals surface area contributed by atoms with Crippen molar-refractivity contribution in [2.24, 2.45) is 5.73 Å². The molecule has 0 aromatic rings. The van der Waals surface area contributed by atoms with Crippen LogP contribution < -0.4 is 5.73 Å². The summed E-state index contributed by atoms with van der Waals surface area (Å²) in [6.07, 6.45) is 3.44. The van der Waals surface area contributed by atoms with Gasteiger partial charge in [-0.05, 0) is 33.1 Å². The van der Waals surface area contributed by atoms with Gasteiger partial charge in [0, 0.05) is 13.2 Å². The molecule has 1 aliphatic rings. The summed E-state index contributed by atoms with van der Waals surface area (Å²) in [5.41, 5.74) is 5.86. The lowest BCUT2D eigenvalue weighted by Gasteiger charge is -2.38. The van der Waals surface area contributed by atoms with E-state index in [0.29, 0.717) is 6.61 Å². The van der Waals surface area contributed by atoms with E-state index in [9.17, 15) is 0 Å². The molecule has 0 radical (unpaired) electrons. The number of nitrogens with two attached hydrogens (primary N) is 1. The number of hydrogen-bond donors (Lipinski definition) is 1. The standard InChI is InChI=1S/C10H21NO2/c1-3-12-8-9(11)10(2)6-4-5-7-13-10/h9H,3-8,11H2,1-2H3. The van der Waals surface area contributed by atoms with Gasteiger partial charge in [0.15, 0.2) is 0 Å². The van der Waals surface area contributed by atoms with Crippen molar-refractivity contribution in [1.82, 2.24) is 0 Å². The summed E-state index contributed by atoms with van der Waals surface area (Å²) in [7, 11) is 0. The molecule has 0 spiro atoms. The van der Waals surface area contributed by atoms with Gasteiger partial charge in [-0.25, -0.2) is 0 Å². The molecule has 3 heteroatoms. The molecule has 2 atom stereocenters. The molecule has 1 fully saturated rings. The van der Waals surface area contributed by atoms with E-state index in [1.807, 2.05) is 6.92 Å². The van der Waals surface area contributed by atoms with Gasteiger partial charge in [0.1, 0.15) is 0 Å². The van der Waals surface area contributed by atoms with Crippen LogP contribution in [0.25, 0.3) is 0 Å². The second-order valence-corrected chi connectivity index (χ2v) is 3.88. The second kappa shape index (κ2) is 4.94. The van der Waals surface area contributed by atoms with E-state index in [1.54, 1.807) is 0 Å². The molecular formula is C10H21NO2. The zero-order valence-electron chi connectivity index (χ0n) is 8.71. The van der Waals surface area contributed by atoms with Crippen molar-refractivity contribution < 1.29 is 9.47 Å². The third kappa shape index (κ3) is 2.93. The van der Waals surface area contributed by atoms with Gasteiger partial charge in [-0.15, -0.1) is 0 Å². The van der Waals surface area contributed by atoms with E-state index >= 15 is 0 Å². The van der Waals surface area contributed by atoms with Crippen molar-refractivity contribution in [3.8, 4) is 0 Å². The topological polar surface area (TPSA) is 44.5 Å². The van der Waals surface area contributed by atoms with Crippen molar-refractivity contribution in [3.05, 3.63) is 0 Å². The Bertz CT molecular complexity index is 144. The van der Waals surface area contributed by atoms with Gasteiger partial charge in [0.25, 0.3) is 0 Å². The average Bonchev–Trinajstić information content (AvgIpc) is 2.15. The first-order valence-corrected chi connectivity index (χ1v) is 5.16. The number of ether oxygens (including phenoxy) is 2. The molecule has 1 saturated heterocycles. The van der Waals surface area contributed by atoms with Crippen molar-refractivity contribution in [1.29, 1.82) is 0 Å². The molecule has 1 heterocycles. The van der Waals surface area contributed by atoms with E-state index < -0.39 is 0 Å². The number of hydrogen-bond acceptors (Lipinski definition) is 3. The van der Waals surface area contributed by atoms with Gasteiger partial charge in [0.2, 0.25) is 0 Å². The first kappa shape index (κ1) is 11.0. The Labute approximate surface area is 80.6 Å². The molecule has 3 nitrogen and oxygen atoms in total. The molecule has 2 unspecified atom stereocenters. The minimum atomic E-state index is -0.159. The highest BCUT2D eigenvalue weighted by Crippen LogP contribution is 2.26. The van der Waals surface area contributed by atoms with E-state index in [-0.39, 0.29) is 11.6 Å². The Morgan fingerprint density at radius 3 is 2.85 bits per heavy atom. The fourth-order valence-electron chi connectivity index (χ4n) is 1.67. The van der Waals surface area contributed by atoms with E-state index in [1.165, 1.54) is 6.42 Å². The molecule has 0 aromatic heterocycles. The van der Waals surface area contributed by atoms with Crippen molar-refractivity contribution >= 4 is 0 Å². The highest BCUT2D eigenvalue weighted by molar-refractivity contribution is 4.89. The molecule has 1 rings (SSSR count). The van der Waals surface area contributed by atoms with Crippen molar-refractivity contribution in [2.45, 2.75) is 44.8 Å². The molecule has 0 amide bonds. The van der Waals surface area contributed by atoms with Gasteiger partial charge in [0.05, 0.1) is 18.2 Å². The largest absolute Gasteiger partial charge is 0.380 e. The van der Waals surface area contributed by atoms with Crippen LogP contribution in [0.2, 0.25) is 0 Å². The summed E-state index contributed by atoms with van der Waals surface area (Å²) in [6.45, 7) is 6.25. The highest BCUT2D eigenvalue weighted by Gasteiger charge is 2.34. The van der Waals surface area contributed by atoms with Crippen LogP contribution in [-0.4, -0.2) is 31.5 Å². The molecule has 0 saturated carbocycles. The lowest BCUT2D eigenvalue weighted by Crippen LogP contribution is -2.52. The molecular weight excluding hydrogens is 166 g/mol. The van der Waals surface area contributed by atoms with E-state index in [0.717, 1.165) is 26.1 Å². The first-order valence-electron chi connectivity index (χ1n) is 5.16. The third-order valence-corrected chi connectivity index (χ3v) is 2.79. The Morgan fingerprint density at radius 2 is 2.31 bits per heavy atom. The lowest BCUT2D eigenvalue weighted by molar-refractivity contribution is -0.0943. The Hall–Kier alpha value is -0.120. The maximum Gasteiger partial charge on any atom is 0.0827 e. The molecule has 2 N–H and O–H groups in total. The van der Waals surface area contributed by atoms with E-state index in [2.05, 4.69) is 6.92 Å². The summed E-state index contributed by atoms with van der Waals surface area (Å²) in [5, 5.41) is 0.